The van der Waals surface area contributed by atoms with E-state index in [2.05, 4.69) is 5.32 Å². The molecule has 0 fully saturated rings. The molecule has 1 N–H and O–H groups in total. The van der Waals surface area contributed by atoms with Gasteiger partial charge in [-0.2, -0.15) is 0 Å². The highest BCUT2D eigenvalue weighted by molar-refractivity contribution is 6.31. The third kappa shape index (κ3) is 3.00. The normalized spacial score (nSPS) is 10.9. The number of pyridine rings is 1. The van der Waals surface area contributed by atoms with Crippen LogP contribution in [0.2, 0.25) is 5.02 Å². The van der Waals surface area contributed by atoms with Crippen molar-refractivity contribution in [2.75, 3.05) is 12.4 Å². The Balaban J connectivity index is 2.04. The van der Waals surface area contributed by atoms with Gasteiger partial charge in [0.2, 0.25) is 0 Å². The molecule has 0 radical (unpaired) electrons. The van der Waals surface area contributed by atoms with Crippen LogP contribution < -0.4 is 15.6 Å². The Morgan fingerprint density at radius 2 is 2.04 bits per heavy atom. The molecule has 1 amide bonds. The van der Waals surface area contributed by atoms with E-state index in [1.165, 1.54) is 7.11 Å². The maximum Gasteiger partial charge on any atom is 0.272 e. The molecule has 130 valence electrons. The highest BCUT2D eigenvalue weighted by Crippen LogP contribution is 2.28. The van der Waals surface area contributed by atoms with Crippen molar-refractivity contribution in [1.82, 2.24) is 9.13 Å². The number of benzene rings is 1. The fourth-order valence-corrected chi connectivity index (χ4v) is 2.98. The van der Waals surface area contributed by atoms with Crippen LogP contribution in [0.3, 0.4) is 0 Å². The van der Waals surface area contributed by atoms with Crippen LogP contribution >= 0.6 is 11.6 Å². The number of aromatic nitrogens is 2. The van der Waals surface area contributed by atoms with Crippen LogP contribution in [0, 0.1) is 0 Å². The van der Waals surface area contributed by atoms with E-state index in [0.29, 0.717) is 39.6 Å². The summed E-state index contributed by atoms with van der Waals surface area (Å²) in [6.07, 6.45) is 1.73. The van der Waals surface area contributed by atoms with Crippen LogP contribution in [-0.2, 0) is 13.6 Å². The summed E-state index contributed by atoms with van der Waals surface area (Å²) in [6.45, 7) is 2.47. The van der Waals surface area contributed by atoms with Crippen molar-refractivity contribution >= 4 is 34.1 Å². The topological polar surface area (TPSA) is 65.3 Å². The zero-order valence-electron chi connectivity index (χ0n) is 14.2. The van der Waals surface area contributed by atoms with Gasteiger partial charge < -0.3 is 19.2 Å². The van der Waals surface area contributed by atoms with Crippen LogP contribution in [0.4, 0.5) is 5.69 Å². The molecule has 3 rings (SSSR count). The smallest absolute Gasteiger partial charge is 0.272 e. The zero-order chi connectivity index (χ0) is 18.1. The number of methoxy groups -OCH3 is 1. The summed E-state index contributed by atoms with van der Waals surface area (Å²) in [4.78, 5) is 25.1. The first-order valence-corrected chi connectivity index (χ1v) is 8.17. The summed E-state index contributed by atoms with van der Waals surface area (Å²) in [5.41, 5.74) is 1.44. The highest BCUT2D eigenvalue weighted by Gasteiger charge is 2.17. The first kappa shape index (κ1) is 17.1. The molecule has 0 unspecified atom stereocenters. The monoisotopic (exact) mass is 359 g/mol. The summed E-state index contributed by atoms with van der Waals surface area (Å²) in [5.74, 6) is 0.159. The number of rotatable bonds is 4. The number of amides is 1. The Morgan fingerprint density at radius 3 is 2.72 bits per heavy atom. The van der Waals surface area contributed by atoms with Crippen molar-refractivity contribution in [3.8, 4) is 5.75 Å². The standard InChI is InChI=1S/C18H18ClN3O3/c1-4-22-8-7-14-12(18(22)24)10-15(21(14)2)17(23)20-13-9-11(19)5-6-16(13)25-3/h5-10H,4H2,1-3H3,(H,20,23). The number of aryl methyl sites for hydroxylation is 2. The molecule has 0 aliphatic carbocycles. The van der Waals surface area contributed by atoms with Crippen LogP contribution in [0.25, 0.3) is 10.9 Å². The Hall–Kier alpha value is -2.73. The summed E-state index contributed by atoms with van der Waals surface area (Å²) in [7, 11) is 3.27. The van der Waals surface area contributed by atoms with E-state index in [0.717, 1.165) is 0 Å². The van der Waals surface area contributed by atoms with Gasteiger partial charge in [-0.25, -0.2) is 0 Å². The summed E-state index contributed by atoms with van der Waals surface area (Å²) in [6, 6.07) is 8.41. The average Bonchev–Trinajstić information content (AvgIpc) is 2.93. The molecule has 0 aliphatic rings. The number of nitrogens with one attached hydrogen (secondary N) is 1. The van der Waals surface area contributed by atoms with E-state index < -0.39 is 0 Å². The zero-order valence-corrected chi connectivity index (χ0v) is 14.9. The van der Waals surface area contributed by atoms with E-state index in [4.69, 9.17) is 16.3 Å². The average molecular weight is 360 g/mol. The minimum absolute atomic E-state index is 0.116. The molecule has 2 heterocycles. The summed E-state index contributed by atoms with van der Waals surface area (Å²) in [5, 5.41) is 3.78. The maximum absolute atomic E-state index is 12.7. The van der Waals surface area contributed by atoms with Gasteiger partial charge in [-0.3, -0.25) is 9.59 Å². The first-order chi connectivity index (χ1) is 12.0. The molecule has 0 saturated heterocycles. The number of hydrogen-bond acceptors (Lipinski definition) is 3. The second-order valence-electron chi connectivity index (χ2n) is 5.59. The van der Waals surface area contributed by atoms with Gasteiger partial charge in [0.25, 0.3) is 11.5 Å². The molecule has 0 saturated carbocycles. The Morgan fingerprint density at radius 1 is 1.28 bits per heavy atom. The number of ether oxygens (including phenoxy) is 1. The summed E-state index contributed by atoms with van der Waals surface area (Å²) >= 11 is 6.00. The molecule has 0 aliphatic heterocycles. The molecule has 7 heteroatoms. The lowest BCUT2D eigenvalue weighted by atomic mass is 10.2. The van der Waals surface area contributed by atoms with Gasteiger partial charge in [0.15, 0.2) is 0 Å². The lowest BCUT2D eigenvalue weighted by molar-refractivity contribution is 0.101. The number of anilines is 1. The highest BCUT2D eigenvalue weighted by atomic mass is 35.5. The predicted octanol–water partition coefficient (Wildman–Crippen LogP) is 3.27. The molecule has 0 spiro atoms. The largest absolute Gasteiger partial charge is 0.495 e. The van der Waals surface area contributed by atoms with E-state index in [1.54, 1.807) is 46.6 Å². The van der Waals surface area contributed by atoms with Gasteiger partial charge in [-0.15, -0.1) is 0 Å². The van der Waals surface area contributed by atoms with E-state index in [1.807, 2.05) is 13.0 Å². The fourth-order valence-electron chi connectivity index (χ4n) is 2.80. The maximum atomic E-state index is 12.7. The van der Waals surface area contributed by atoms with Gasteiger partial charge >= 0.3 is 0 Å². The van der Waals surface area contributed by atoms with Crippen molar-refractivity contribution in [3.05, 3.63) is 57.6 Å². The Kier molecular flexibility index (Phi) is 4.55. The van der Waals surface area contributed by atoms with Crippen LogP contribution in [0.5, 0.6) is 5.75 Å². The number of halogens is 1. The molecule has 1 aromatic carbocycles. The second-order valence-corrected chi connectivity index (χ2v) is 6.03. The second kappa shape index (κ2) is 6.64. The predicted molar refractivity (Wildman–Crippen MR) is 98.8 cm³/mol. The Labute approximate surface area is 149 Å². The van der Waals surface area contributed by atoms with Crippen molar-refractivity contribution < 1.29 is 9.53 Å². The molecular weight excluding hydrogens is 342 g/mol. The van der Waals surface area contributed by atoms with Crippen LogP contribution in [0.15, 0.2) is 41.3 Å². The minimum atomic E-state index is -0.346. The van der Waals surface area contributed by atoms with Crippen LogP contribution in [0.1, 0.15) is 17.4 Å². The van der Waals surface area contributed by atoms with Crippen molar-refractivity contribution in [2.24, 2.45) is 7.05 Å². The van der Waals surface area contributed by atoms with E-state index >= 15 is 0 Å². The number of hydrogen-bond donors (Lipinski definition) is 1. The summed E-state index contributed by atoms with van der Waals surface area (Å²) < 4.78 is 8.54. The third-order valence-electron chi connectivity index (χ3n) is 4.17. The molecule has 3 aromatic rings. The van der Waals surface area contributed by atoms with Gasteiger partial charge in [0.05, 0.1) is 23.7 Å². The van der Waals surface area contributed by atoms with Crippen molar-refractivity contribution in [1.29, 1.82) is 0 Å². The Bertz CT molecular complexity index is 1020. The SMILES string of the molecule is CCn1ccc2c(cc(C(=O)Nc3cc(Cl)ccc3OC)n2C)c1=O. The lowest BCUT2D eigenvalue weighted by Gasteiger charge is -2.11. The van der Waals surface area contributed by atoms with Gasteiger partial charge in [0.1, 0.15) is 11.4 Å². The van der Waals surface area contributed by atoms with Crippen LogP contribution in [-0.4, -0.2) is 22.2 Å². The van der Waals surface area contributed by atoms with Crippen molar-refractivity contribution in [3.63, 3.8) is 0 Å². The fraction of sp³-hybridized carbons (Fsp3) is 0.222. The number of fused-ring (bicyclic) bond motifs is 1. The van der Waals surface area contributed by atoms with Gasteiger partial charge in [0, 0.05) is 24.8 Å². The number of carbonyl (C=O) groups excluding carboxylic acids is 1. The van der Waals surface area contributed by atoms with Gasteiger partial charge in [-0.05, 0) is 37.3 Å². The van der Waals surface area contributed by atoms with E-state index in [-0.39, 0.29) is 11.5 Å². The van der Waals surface area contributed by atoms with Crippen molar-refractivity contribution in [2.45, 2.75) is 13.5 Å². The molecule has 0 atom stereocenters. The molecule has 6 nitrogen and oxygen atoms in total. The quantitative estimate of drug-likeness (QED) is 0.777. The molecule has 0 bridgehead atoms. The first-order valence-electron chi connectivity index (χ1n) is 7.80. The molecule has 25 heavy (non-hydrogen) atoms. The number of nitrogens with zero attached hydrogens (tertiary/aromatic N) is 2. The molecular formula is C18H18ClN3O3. The molecule has 2 aromatic heterocycles. The lowest BCUT2D eigenvalue weighted by Crippen LogP contribution is -2.17. The minimum Gasteiger partial charge on any atom is -0.495 e. The van der Waals surface area contributed by atoms with E-state index in [9.17, 15) is 9.59 Å². The number of carbonyl (C=O) groups is 1. The third-order valence-corrected chi connectivity index (χ3v) is 4.40. The van der Waals surface area contributed by atoms with Gasteiger partial charge in [-0.1, -0.05) is 11.6 Å².